The van der Waals surface area contributed by atoms with Gasteiger partial charge < -0.3 is 14.5 Å². The van der Waals surface area contributed by atoms with Crippen molar-refractivity contribution in [2.45, 2.75) is 0 Å². The van der Waals surface area contributed by atoms with E-state index in [0.717, 1.165) is 54.4 Å². The van der Waals surface area contributed by atoms with Gasteiger partial charge >= 0.3 is 5.97 Å². The summed E-state index contributed by atoms with van der Waals surface area (Å²) in [6, 6.07) is 15.3. The van der Waals surface area contributed by atoms with Crippen molar-refractivity contribution in [1.82, 2.24) is 14.9 Å². The first kappa shape index (κ1) is 20.6. The largest absolute Gasteiger partial charge is 0.465 e. The molecule has 31 heavy (non-hydrogen) atoms. The third-order valence-electron chi connectivity index (χ3n) is 5.25. The zero-order chi connectivity index (χ0) is 21.6. The van der Waals surface area contributed by atoms with E-state index >= 15 is 0 Å². The number of carbonyl (C=O) groups excluding carboxylic acids is 1. The Hall–Kier alpha value is -3.69. The molecule has 4 rings (SSSR count). The van der Waals surface area contributed by atoms with Crippen molar-refractivity contribution in [2.24, 2.45) is 0 Å². The monoisotopic (exact) mass is 412 g/mol. The second-order valence-electron chi connectivity index (χ2n) is 7.45. The number of hydrogen-bond donors (Lipinski definition) is 0. The van der Waals surface area contributed by atoms with E-state index in [1.165, 1.54) is 7.11 Å². The molecule has 2 aromatic heterocycles. The number of nitrogens with zero attached hydrogens (tertiary/aromatic N) is 4. The number of aromatic nitrogens is 2. The Kier molecular flexibility index (Phi) is 6.25. The highest BCUT2D eigenvalue weighted by molar-refractivity contribution is 5.91. The highest BCUT2D eigenvalue weighted by atomic mass is 16.5. The summed E-state index contributed by atoms with van der Waals surface area (Å²) in [6.07, 6.45) is 3.47. The molecule has 0 N–H and O–H groups in total. The number of hydrogen-bond acceptors (Lipinski definition) is 6. The van der Waals surface area contributed by atoms with Crippen LogP contribution < -0.4 is 4.90 Å². The number of benzene rings is 1. The van der Waals surface area contributed by atoms with Gasteiger partial charge in [0.25, 0.3) is 0 Å². The molecule has 0 bridgehead atoms. The molecule has 156 valence electrons. The lowest BCUT2D eigenvalue weighted by molar-refractivity contribution is 0.0600. The van der Waals surface area contributed by atoms with Crippen LogP contribution in [0.1, 0.15) is 21.5 Å². The number of ether oxygens (including phenoxy) is 1. The number of piperazine rings is 1. The molecule has 1 aromatic carbocycles. The van der Waals surface area contributed by atoms with Crippen molar-refractivity contribution in [3.63, 3.8) is 0 Å². The van der Waals surface area contributed by atoms with Crippen LogP contribution in [0.5, 0.6) is 0 Å². The molecule has 1 aliphatic heterocycles. The number of esters is 1. The first-order chi connectivity index (χ1) is 15.1. The van der Waals surface area contributed by atoms with Crippen molar-refractivity contribution >= 4 is 11.8 Å². The number of pyridine rings is 2. The fraction of sp³-hybridized carbons (Fsp3) is 0.240. The van der Waals surface area contributed by atoms with E-state index in [4.69, 9.17) is 9.72 Å². The predicted molar refractivity (Wildman–Crippen MR) is 121 cm³/mol. The Morgan fingerprint density at radius 1 is 1.00 bits per heavy atom. The van der Waals surface area contributed by atoms with E-state index in [2.05, 4.69) is 33.7 Å². The van der Waals surface area contributed by atoms with E-state index in [0.29, 0.717) is 5.56 Å². The maximum absolute atomic E-state index is 12.3. The van der Waals surface area contributed by atoms with Gasteiger partial charge in [-0.2, -0.15) is 0 Å². The van der Waals surface area contributed by atoms with Crippen LogP contribution in [-0.2, 0) is 4.74 Å². The van der Waals surface area contributed by atoms with Crippen LogP contribution in [0.15, 0.2) is 60.9 Å². The number of carbonyl (C=O) groups is 1. The average molecular weight is 412 g/mol. The van der Waals surface area contributed by atoms with Crippen molar-refractivity contribution in [2.75, 3.05) is 45.2 Å². The molecule has 0 atom stereocenters. The molecule has 0 saturated carbocycles. The summed E-state index contributed by atoms with van der Waals surface area (Å²) < 4.78 is 4.96. The lowest BCUT2D eigenvalue weighted by atomic mass is 10.1. The summed E-state index contributed by atoms with van der Waals surface area (Å²) in [4.78, 5) is 25.7. The van der Waals surface area contributed by atoms with E-state index in [9.17, 15) is 4.79 Å². The quantitative estimate of drug-likeness (QED) is 0.487. The van der Waals surface area contributed by atoms with E-state index < -0.39 is 0 Å². The molecule has 0 unspecified atom stereocenters. The second kappa shape index (κ2) is 9.41. The van der Waals surface area contributed by atoms with Gasteiger partial charge in [-0.3, -0.25) is 4.98 Å². The molecular weight excluding hydrogens is 388 g/mol. The number of methoxy groups -OCH3 is 1. The Morgan fingerprint density at radius 3 is 2.42 bits per heavy atom. The summed E-state index contributed by atoms with van der Waals surface area (Å²) in [5.41, 5.74) is 3.94. The third kappa shape index (κ3) is 5.08. The standard InChI is InChI=1S/C25H24N4O2/c1-28-12-14-29(15-13-28)24-17-22(25(30)31-2)16-23(27-24)21-9-7-19(8-10-21)5-6-20-4-3-11-26-18-20/h3-4,7-11,16-18H,12-15H2,1-2H3. The number of likely N-dealkylation sites (N-methyl/N-ethyl adjacent to an activating group) is 1. The maximum atomic E-state index is 12.3. The van der Waals surface area contributed by atoms with Gasteiger partial charge in [-0.05, 0) is 43.4 Å². The zero-order valence-corrected chi connectivity index (χ0v) is 17.7. The molecule has 0 amide bonds. The normalized spacial score (nSPS) is 13.9. The predicted octanol–water partition coefficient (Wildman–Crippen LogP) is 3.08. The average Bonchev–Trinajstić information content (AvgIpc) is 2.83. The van der Waals surface area contributed by atoms with Crippen LogP contribution in [-0.4, -0.2) is 61.2 Å². The van der Waals surface area contributed by atoms with Gasteiger partial charge in [0.2, 0.25) is 0 Å². The van der Waals surface area contributed by atoms with E-state index in [1.807, 2.05) is 42.5 Å². The Morgan fingerprint density at radius 2 is 1.74 bits per heavy atom. The van der Waals surface area contributed by atoms with Crippen molar-refractivity contribution in [1.29, 1.82) is 0 Å². The molecule has 0 aliphatic carbocycles. The number of anilines is 1. The van der Waals surface area contributed by atoms with Crippen LogP contribution in [0.2, 0.25) is 0 Å². The molecule has 6 heteroatoms. The van der Waals surface area contributed by atoms with Gasteiger partial charge in [-0.1, -0.05) is 24.0 Å². The molecule has 1 aliphatic rings. The van der Waals surface area contributed by atoms with Gasteiger partial charge in [0.15, 0.2) is 0 Å². The Labute approximate surface area is 182 Å². The third-order valence-corrected chi connectivity index (χ3v) is 5.25. The first-order valence-corrected chi connectivity index (χ1v) is 10.2. The second-order valence-corrected chi connectivity index (χ2v) is 7.45. The fourth-order valence-corrected chi connectivity index (χ4v) is 3.40. The topological polar surface area (TPSA) is 58.6 Å². The van der Waals surface area contributed by atoms with Crippen LogP contribution >= 0.6 is 0 Å². The lowest BCUT2D eigenvalue weighted by Crippen LogP contribution is -2.44. The highest BCUT2D eigenvalue weighted by Gasteiger charge is 2.19. The summed E-state index contributed by atoms with van der Waals surface area (Å²) >= 11 is 0. The van der Waals surface area contributed by atoms with Crippen molar-refractivity contribution in [3.05, 3.63) is 77.6 Å². The van der Waals surface area contributed by atoms with E-state index in [1.54, 1.807) is 18.5 Å². The Balaban J connectivity index is 1.62. The molecule has 6 nitrogen and oxygen atoms in total. The van der Waals surface area contributed by atoms with Gasteiger partial charge in [0.05, 0.1) is 18.4 Å². The summed E-state index contributed by atoms with van der Waals surface area (Å²) in [5.74, 6) is 6.69. The van der Waals surface area contributed by atoms with Gasteiger partial charge in [0.1, 0.15) is 5.82 Å². The molecule has 1 fully saturated rings. The molecule has 3 heterocycles. The van der Waals surface area contributed by atoms with Crippen LogP contribution in [0, 0.1) is 11.8 Å². The van der Waals surface area contributed by atoms with Gasteiger partial charge in [-0.15, -0.1) is 0 Å². The van der Waals surface area contributed by atoms with E-state index in [-0.39, 0.29) is 5.97 Å². The van der Waals surface area contributed by atoms with Crippen LogP contribution in [0.3, 0.4) is 0 Å². The van der Waals surface area contributed by atoms with Crippen LogP contribution in [0.25, 0.3) is 11.3 Å². The smallest absolute Gasteiger partial charge is 0.338 e. The maximum Gasteiger partial charge on any atom is 0.338 e. The summed E-state index contributed by atoms with van der Waals surface area (Å²) in [6.45, 7) is 3.67. The molecule has 0 spiro atoms. The summed E-state index contributed by atoms with van der Waals surface area (Å²) in [7, 11) is 3.51. The lowest BCUT2D eigenvalue weighted by Gasteiger charge is -2.33. The summed E-state index contributed by atoms with van der Waals surface area (Å²) in [5, 5.41) is 0. The number of rotatable bonds is 3. The molecule has 1 saturated heterocycles. The van der Waals surface area contributed by atoms with Crippen molar-refractivity contribution in [3.8, 4) is 23.1 Å². The Bertz CT molecular complexity index is 1110. The fourth-order valence-electron chi connectivity index (χ4n) is 3.40. The van der Waals surface area contributed by atoms with Crippen molar-refractivity contribution < 1.29 is 9.53 Å². The molecular formula is C25H24N4O2. The SMILES string of the molecule is COC(=O)c1cc(-c2ccc(C#Cc3cccnc3)cc2)nc(N2CCN(C)CC2)c1. The zero-order valence-electron chi connectivity index (χ0n) is 17.7. The molecule has 3 aromatic rings. The highest BCUT2D eigenvalue weighted by Crippen LogP contribution is 2.25. The first-order valence-electron chi connectivity index (χ1n) is 10.2. The minimum Gasteiger partial charge on any atom is -0.465 e. The van der Waals surface area contributed by atoms with Gasteiger partial charge in [0, 0.05) is 55.3 Å². The van der Waals surface area contributed by atoms with Gasteiger partial charge in [-0.25, -0.2) is 9.78 Å². The van der Waals surface area contributed by atoms with Crippen LogP contribution in [0.4, 0.5) is 5.82 Å². The molecule has 0 radical (unpaired) electrons. The minimum atomic E-state index is -0.363. The minimum absolute atomic E-state index is 0.363.